The van der Waals surface area contributed by atoms with Crippen LogP contribution in [0.15, 0.2) is 23.1 Å². The normalized spacial score (nSPS) is 15.5. The molecule has 1 heterocycles. The molecule has 126 valence electrons. The van der Waals surface area contributed by atoms with E-state index in [9.17, 15) is 14.9 Å². The van der Waals surface area contributed by atoms with E-state index in [0.717, 1.165) is 43.4 Å². The Kier molecular flexibility index (Phi) is 6.23. The zero-order valence-electron chi connectivity index (χ0n) is 13.4. The highest BCUT2D eigenvalue weighted by Gasteiger charge is 2.18. The summed E-state index contributed by atoms with van der Waals surface area (Å²) in [5.41, 5.74) is -0.0165. The molecule has 1 aliphatic rings. The van der Waals surface area contributed by atoms with Crippen molar-refractivity contribution in [3.63, 3.8) is 0 Å². The van der Waals surface area contributed by atoms with Gasteiger partial charge in [-0.15, -0.1) is 11.8 Å². The van der Waals surface area contributed by atoms with Gasteiger partial charge >= 0.3 is 5.69 Å². The summed E-state index contributed by atoms with van der Waals surface area (Å²) in [7, 11) is 1.44. The maximum Gasteiger partial charge on any atom is 0.310 e. The van der Waals surface area contributed by atoms with E-state index in [4.69, 9.17) is 4.74 Å². The van der Waals surface area contributed by atoms with Crippen molar-refractivity contribution in [2.75, 3.05) is 45.6 Å². The number of nitro groups is 1. The van der Waals surface area contributed by atoms with Gasteiger partial charge in [0.25, 0.3) is 0 Å². The zero-order chi connectivity index (χ0) is 16.8. The molecule has 1 aliphatic heterocycles. The van der Waals surface area contributed by atoms with Crippen molar-refractivity contribution in [2.24, 2.45) is 0 Å². The fourth-order valence-electron chi connectivity index (χ4n) is 2.48. The largest absolute Gasteiger partial charge is 0.490 e. The topological polar surface area (TPSA) is 75.9 Å². The standard InChI is InChI=1S/C15H21N3O4S/c1-12(19)17-7-5-16(6-8-17)9-10-23-13-3-4-14(18(20)21)15(11-13)22-2/h3-4,11H,5-10H2,1-2H3. The smallest absolute Gasteiger partial charge is 0.310 e. The van der Waals surface area contributed by atoms with Gasteiger partial charge in [0.2, 0.25) is 5.91 Å². The molecular weight excluding hydrogens is 318 g/mol. The molecule has 0 aliphatic carbocycles. The quantitative estimate of drug-likeness (QED) is 0.447. The Bertz CT molecular complexity index is 574. The third kappa shape index (κ3) is 4.84. The number of rotatable bonds is 6. The van der Waals surface area contributed by atoms with E-state index in [0.29, 0.717) is 0 Å². The molecule has 0 saturated carbocycles. The van der Waals surface area contributed by atoms with Gasteiger partial charge in [0, 0.05) is 62.4 Å². The molecule has 1 saturated heterocycles. The van der Waals surface area contributed by atoms with Crippen LogP contribution in [-0.2, 0) is 4.79 Å². The van der Waals surface area contributed by atoms with Gasteiger partial charge < -0.3 is 9.64 Å². The lowest BCUT2D eigenvalue weighted by molar-refractivity contribution is -0.385. The number of piperazine rings is 1. The fraction of sp³-hybridized carbons (Fsp3) is 0.533. The Morgan fingerprint density at radius 2 is 2.04 bits per heavy atom. The first-order chi connectivity index (χ1) is 11.0. The molecule has 0 unspecified atom stereocenters. The summed E-state index contributed by atoms with van der Waals surface area (Å²) >= 11 is 1.65. The molecule has 1 amide bonds. The van der Waals surface area contributed by atoms with Gasteiger partial charge in [0.1, 0.15) is 0 Å². The molecule has 1 aromatic carbocycles. The number of benzene rings is 1. The van der Waals surface area contributed by atoms with Crippen LogP contribution in [0.3, 0.4) is 0 Å². The second-order valence-corrected chi connectivity index (χ2v) is 6.46. The second-order valence-electron chi connectivity index (χ2n) is 5.29. The monoisotopic (exact) mass is 339 g/mol. The van der Waals surface area contributed by atoms with Gasteiger partial charge in [0.15, 0.2) is 5.75 Å². The molecule has 0 N–H and O–H groups in total. The minimum absolute atomic E-state index is 0.0165. The number of ether oxygens (including phenoxy) is 1. The first kappa shape index (κ1) is 17.6. The number of carbonyl (C=O) groups is 1. The lowest BCUT2D eigenvalue weighted by Gasteiger charge is -2.34. The van der Waals surface area contributed by atoms with Crippen LogP contribution in [0, 0.1) is 10.1 Å². The van der Waals surface area contributed by atoms with Crippen LogP contribution in [0.5, 0.6) is 5.75 Å². The number of nitro benzene ring substituents is 1. The zero-order valence-corrected chi connectivity index (χ0v) is 14.2. The van der Waals surface area contributed by atoms with Crippen LogP contribution < -0.4 is 4.74 Å². The summed E-state index contributed by atoms with van der Waals surface area (Å²) in [5, 5.41) is 10.9. The van der Waals surface area contributed by atoms with Gasteiger partial charge in [0.05, 0.1) is 12.0 Å². The average molecular weight is 339 g/mol. The van der Waals surface area contributed by atoms with E-state index in [1.807, 2.05) is 4.90 Å². The van der Waals surface area contributed by atoms with Gasteiger partial charge in [-0.25, -0.2) is 0 Å². The number of thioether (sulfide) groups is 1. The molecule has 7 nitrogen and oxygen atoms in total. The lowest BCUT2D eigenvalue weighted by Crippen LogP contribution is -2.48. The number of hydrogen-bond acceptors (Lipinski definition) is 6. The summed E-state index contributed by atoms with van der Waals surface area (Å²) in [4.78, 5) is 26.9. The first-order valence-electron chi connectivity index (χ1n) is 7.44. The van der Waals surface area contributed by atoms with Crippen molar-refractivity contribution < 1.29 is 14.5 Å². The Labute approximate surface area is 139 Å². The molecule has 0 aromatic heterocycles. The maximum atomic E-state index is 11.3. The SMILES string of the molecule is COc1cc(SCCN2CCN(C(C)=O)CC2)ccc1[N+](=O)[O-]. The van der Waals surface area contributed by atoms with Crippen LogP contribution >= 0.6 is 11.8 Å². The summed E-state index contributed by atoms with van der Waals surface area (Å²) in [6.45, 7) is 5.88. The number of amides is 1. The minimum atomic E-state index is -0.443. The summed E-state index contributed by atoms with van der Waals surface area (Å²) in [5.74, 6) is 1.31. The van der Waals surface area contributed by atoms with Crippen LogP contribution in [0.1, 0.15) is 6.92 Å². The molecule has 0 atom stereocenters. The third-order valence-electron chi connectivity index (χ3n) is 3.84. The fourth-order valence-corrected chi connectivity index (χ4v) is 3.42. The highest BCUT2D eigenvalue weighted by molar-refractivity contribution is 7.99. The summed E-state index contributed by atoms with van der Waals surface area (Å²) in [6, 6.07) is 4.93. The molecule has 1 aromatic rings. The van der Waals surface area contributed by atoms with Crippen molar-refractivity contribution in [1.82, 2.24) is 9.80 Å². The van der Waals surface area contributed by atoms with E-state index < -0.39 is 4.92 Å². The predicted molar refractivity (Wildman–Crippen MR) is 89.1 cm³/mol. The Morgan fingerprint density at radius 1 is 1.35 bits per heavy atom. The van der Waals surface area contributed by atoms with Gasteiger partial charge in [-0.05, 0) is 6.07 Å². The van der Waals surface area contributed by atoms with Crippen molar-refractivity contribution in [3.8, 4) is 5.75 Å². The number of methoxy groups -OCH3 is 1. The highest BCUT2D eigenvalue weighted by atomic mass is 32.2. The van der Waals surface area contributed by atoms with Crippen LogP contribution in [-0.4, -0.2) is 66.2 Å². The maximum absolute atomic E-state index is 11.3. The van der Waals surface area contributed by atoms with Crippen LogP contribution in [0.4, 0.5) is 5.69 Å². The second kappa shape index (κ2) is 8.16. The molecule has 2 rings (SSSR count). The van der Waals surface area contributed by atoms with Gasteiger partial charge in [-0.1, -0.05) is 0 Å². The van der Waals surface area contributed by atoms with E-state index in [-0.39, 0.29) is 17.3 Å². The molecule has 23 heavy (non-hydrogen) atoms. The minimum Gasteiger partial charge on any atom is -0.490 e. The van der Waals surface area contributed by atoms with E-state index >= 15 is 0 Å². The number of hydrogen-bond donors (Lipinski definition) is 0. The lowest BCUT2D eigenvalue weighted by atomic mass is 10.3. The Balaban J connectivity index is 1.81. The van der Waals surface area contributed by atoms with Gasteiger partial charge in [-0.3, -0.25) is 19.8 Å². The number of carbonyl (C=O) groups excluding carboxylic acids is 1. The van der Waals surface area contributed by atoms with E-state index in [1.165, 1.54) is 13.2 Å². The van der Waals surface area contributed by atoms with Crippen LogP contribution in [0.25, 0.3) is 0 Å². The predicted octanol–water partition coefficient (Wildman–Crippen LogP) is 1.86. The van der Waals surface area contributed by atoms with Crippen molar-refractivity contribution in [1.29, 1.82) is 0 Å². The van der Waals surface area contributed by atoms with Gasteiger partial charge in [-0.2, -0.15) is 0 Å². The van der Waals surface area contributed by atoms with E-state index in [2.05, 4.69) is 4.90 Å². The van der Waals surface area contributed by atoms with Crippen LogP contribution in [0.2, 0.25) is 0 Å². The molecule has 8 heteroatoms. The highest BCUT2D eigenvalue weighted by Crippen LogP contribution is 2.31. The average Bonchev–Trinajstić information content (AvgIpc) is 2.55. The molecule has 0 spiro atoms. The van der Waals surface area contributed by atoms with Crippen molar-refractivity contribution >= 4 is 23.4 Å². The van der Waals surface area contributed by atoms with E-state index in [1.54, 1.807) is 30.8 Å². The van der Waals surface area contributed by atoms with Crippen molar-refractivity contribution in [2.45, 2.75) is 11.8 Å². The first-order valence-corrected chi connectivity index (χ1v) is 8.43. The third-order valence-corrected chi connectivity index (χ3v) is 4.82. The Hall–Kier alpha value is -1.80. The Morgan fingerprint density at radius 3 is 2.61 bits per heavy atom. The molecule has 0 radical (unpaired) electrons. The molecule has 0 bridgehead atoms. The molecule has 1 fully saturated rings. The van der Waals surface area contributed by atoms with Crippen molar-refractivity contribution in [3.05, 3.63) is 28.3 Å². The number of nitrogens with zero attached hydrogens (tertiary/aromatic N) is 3. The molecular formula is C15H21N3O4S. The summed E-state index contributed by atoms with van der Waals surface area (Å²) < 4.78 is 5.07. The summed E-state index contributed by atoms with van der Waals surface area (Å²) in [6.07, 6.45) is 0.